The van der Waals surface area contributed by atoms with Crippen LogP contribution in [-0.4, -0.2) is 12.6 Å². The molecule has 0 aliphatic heterocycles. The van der Waals surface area contributed by atoms with Crippen molar-refractivity contribution in [2.75, 3.05) is 6.61 Å². The molecule has 0 aliphatic rings. The molecule has 1 rings (SSSR count). The number of benzene rings is 1. The molecular weight excluding hydrogens is 235 g/mol. The van der Waals surface area contributed by atoms with E-state index in [0.29, 0.717) is 16.7 Å². The van der Waals surface area contributed by atoms with Crippen molar-refractivity contribution >= 4 is 29.2 Å². The Morgan fingerprint density at radius 3 is 2.33 bits per heavy atom. The van der Waals surface area contributed by atoms with Gasteiger partial charge >= 0.3 is 5.97 Å². The SMILES string of the molecule is CC(C)COC(=O)c1c(Cl)cccc1Cl. The second-order valence-corrected chi connectivity index (χ2v) is 4.40. The molecule has 15 heavy (non-hydrogen) atoms. The fourth-order valence-corrected chi connectivity index (χ4v) is 1.56. The van der Waals surface area contributed by atoms with Crippen molar-refractivity contribution in [1.29, 1.82) is 0 Å². The molecule has 0 aliphatic carbocycles. The van der Waals surface area contributed by atoms with Crippen molar-refractivity contribution in [3.63, 3.8) is 0 Å². The number of esters is 1. The summed E-state index contributed by atoms with van der Waals surface area (Å²) in [6, 6.07) is 4.91. The standard InChI is InChI=1S/C11H12Cl2O2/c1-7(2)6-15-11(14)10-8(12)4-3-5-9(10)13/h3-5,7H,6H2,1-2H3. The molecule has 2 nitrogen and oxygen atoms in total. The van der Waals surface area contributed by atoms with E-state index < -0.39 is 5.97 Å². The van der Waals surface area contributed by atoms with Gasteiger partial charge in [0.25, 0.3) is 0 Å². The molecule has 0 fully saturated rings. The summed E-state index contributed by atoms with van der Waals surface area (Å²) in [5.74, 6) is -0.186. The molecule has 0 spiro atoms. The van der Waals surface area contributed by atoms with E-state index in [1.54, 1.807) is 18.2 Å². The van der Waals surface area contributed by atoms with Crippen molar-refractivity contribution in [2.45, 2.75) is 13.8 Å². The summed E-state index contributed by atoms with van der Waals surface area (Å²) in [4.78, 5) is 11.6. The van der Waals surface area contributed by atoms with Crippen LogP contribution >= 0.6 is 23.2 Å². The first-order chi connectivity index (χ1) is 7.02. The zero-order valence-electron chi connectivity index (χ0n) is 8.59. The Labute approximate surface area is 99.1 Å². The Kier molecular flexibility index (Phi) is 4.43. The number of halogens is 2. The number of rotatable bonds is 3. The summed E-state index contributed by atoms with van der Waals surface area (Å²) in [5, 5.41) is 0.632. The Morgan fingerprint density at radius 1 is 1.33 bits per heavy atom. The first-order valence-corrected chi connectivity index (χ1v) is 5.39. The zero-order valence-corrected chi connectivity index (χ0v) is 10.1. The molecular formula is C11H12Cl2O2. The van der Waals surface area contributed by atoms with Crippen molar-refractivity contribution in [1.82, 2.24) is 0 Å². The quantitative estimate of drug-likeness (QED) is 0.759. The minimum Gasteiger partial charge on any atom is -0.462 e. The molecule has 0 atom stereocenters. The smallest absolute Gasteiger partial charge is 0.341 e. The Morgan fingerprint density at radius 2 is 1.87 bits per heavy atom. The lowest BCUT2D eigenvalue weighted by Crippen LogP contribution is -2.11. The topological polar surface area (TPSA) is 26.3 Å². The van der Waals surface area contributed by atoms with E-state index >= 15 is 0 Å². The summed E-state index contributed by atoms with van der Waals surface area (Å²) in [5.41, 5.74) is 0.237. The number of carbonyl (C=O) groups excluding carboxylic acids is 1. The monoisotopic (exact) mass is 246 g/mol. The summed E-state index contributed by atoms with van der Waals surface area (Å²) < 4.78 is 5.04. The average Bonchev–Trinajstić information content (AvgIpc) is 2.14. The first kappa shape index (κ1) is 12.3. The van der Waals surface area contributed by atoms with Crippen LogP contribution < -0.4 is 0 Å². The normalized spacial score (nSPS) is 10.5. The summed E-state index contributed by atoms with van der Waals surface area (Å²) >= 11 is 11.7. The van der Waals surface area contributed by atoms with Gasteiger partial charge in [-0.15, -0.1) is 0 Å². The zero-order chi connectivity index (χ0) is 11.4. The third-order valence-corrected chi connectivity index (χ3v) is 2.34. The molecule has 0 heterocycles. The lowest BCUT2D eigenvalue weighted by Gasteiger charge is -2.09. The second-order valence-electron chi connectivity index (χ2n) is 3.59. The van der Waals surface area contributed by atoms with E-state index in [1.807, 2.05) is 13.8 Å². The predicted molar refractivity (Wildman–Crippen MR) is 61.6 cm³/mol. The van der Waals surface area contributed by atoms with Gasteiger partial charge in [0.05, 0.1) is 22.2 Å². The predicted octanol–water partition coefficient (Wildman–Crippen LogP) is 3.81. The maximum absolute atomic E-state index is 11.6. The molecule has 0 unspecified atom stereocenters. The number of hydrogen-bond donors (Lipinski definition) is 0. The van der Waals surface area contributed by atoms with Crippen LogP contribution in [0, 0.1) is 5.92 Å². The van der Waals surface area contributed by atoms with Crippen LogP contribution in [0.1, 0.15) is 24.2 Å². The average molecular weight is 247 g/mol. The molecule has 0 bridgehead atoms. The Balaban J connectivity index is 2.82. The van der Waals surface area contributed by atoms with Crippen LogP contribution in [0.5, 0.6) is 0 Å². The van der Waals surface area contributed by atoms with Gasteiger partial charge in [-0.05, 0) is 18.1 Å². The van der Waals surface area contributed by atoms with Crippen LogP contribution in [0.15, 0.2) is 18.2 Å². The minimum atomic E-state index is -0.473. The van der Waals surface area contributed by atoms with Crippen LogP contribution in [0.2, 0.25) is 10.0 Å². The molecule has 1 aromatic rings. The molecule has 0 amide bonds. The van der Waals surface area contributed by atoms with Gasteiger partial charge in [-0.1, -0.05) is 43.1 Å². The van der Waals surface area contributed by atoms with Crippen LogP contribution in [0.25, 0.3) is 0 Å². The Bertz CT molecular complexity index is 341. The van der Waals surface area contributed by atoms with Gasteiger partial charge < -0.3 is 4.74 Å². The van der Waals surface area contributed by atoms with E-state index in [1.165, 1.54) is 0 Å². The van der Waals surface area contributed by atoms with Crippen LogP contribution in [0.3, 0.4) is 0 Å². The molecule has 0 saturated heterocycles. The minimum absolute atomic E-state index is 0.237. The number of hydrogen-bond acceptors (Lipinski definition) is 2. The summed E-state index contributed by atoms with van der Waals surface area (Å²) in [6.07, 6.45) is 0. The van der Waals surface area contributed by atoms with Gasteiger partial charge in [-0.25, -0.2) is 4.79 Å². The highest BCUT2D eigenvalue weighted by molar-refractivity contribution is 6.39. The third-order valence-electron chi connectivity index (χ3n) is 1.71. The molecule has 0 aromatic heterocycles. The molecule has 4 heteroatoms. The van der Waals surface area contributed by atoms with E-state index in [9.17, 15) is 4.79 Å². The highest BCUT2D eigenvalue weighted by Crippen LogP contribution is 2.24. The summed E-state index contributed by atoms with van der Waals surface area (Å²) in [7, 11) is 0. The van der Waals surface area contributed by atoms with Gasteiger partial charge in [0, 0.05) is 0 Å². The second kappa shape index (κ2) is 5.38. The maximum atomic E-state index is 11.6. The molecule has 82 valence electrons. The van der Waals surface area contributed by atoms with Crippen molar-refractivity contribution in [2.24, 2.45) is 5.92 Å². The molecule has 0 saturated carbocycles. The van der Waals surface area contributed by atoms with E-state index in [-0.39, 0.29) is 11.5 Å². The van der Waals surface area contributed by atoms with Crippen LogP contribution in [-0.2, 0) is 4.74 Å². The molecule has 0 radical (unpaired) electrons. The fraction of sp³-hybridized carbons (Fsp3) is 0.364. The molecule has 1 aromatic carbocycles. The molecule has 0 N–H and O–H groups in total. The first-order valence-electron chi connectivity index (χ1n) is 4.63. The van der Waals surface area contributed by atoms with Gasteiger partial charge in [-0.2, -0.15) is 0 Å². The van der Waals surface area contributed by atoms with E-state index in [2.05, 4.69) is 0 Å². The van der Waals surface area contributed by atoms with Crippen molar-refractivity contribution < 1.29 is 9.53 Å². The van der Waals surface area contributed by atoms with Crippen molar-refractivity contribution in [3.8, 4) is 0 Å². The number of carbonyl (C=O) groups is 1. The number of ether oxygens (including phenoxy) is 1. The lowest BCUT2D eigenvalue weighted by molar-refractivity contribution is 0.0459. The van der Waals surface area contributed by atoms with Crippen LogP contribution in [0.4, 0.5) is 0 Å². The summed E-state index contributed by atoms with van der Waals surface area (Å²) in [6.45, 7) is 4.28. The maximum Gasteiger partial charge on any atom is 0.341 e. The van der Waals surface area contributed by atoms with E-state index in [0.717, 1.165) is 0 Å². The van der Waals surface area contributed by atoms with Crippen molar-refractivity contribution in [3.05, 3.63) is 33.8 Å². The third kappa shape index (κ3) is 3.40. The van der Waals surface area contributed by atoms with Gasteiger partial charge in [0.15, 0.2) is 0 Å². The Hall–Kier alpha value is -0.730. The highest BCUT2D eigenvalue weighted by Gasteiger charge is 2.15. The van der Waals surface area contributed by atoms with Gasteiger partial charge in [-0.3, -0.25) is 0 Å². The highest BCUT2D eigenvalue weighted by atomic mass is 35.5. The fourth-order valence-electron chi connectivity index (χ4n) is 1.01. The van der Waals surface area contributed by atoms with Gasteiger partial charge in [0.1, 0.15) is 0 Å². The van der Waals surface area contributed by atoms with Gasteiger partial charge in [0.2, 0.25) is 0 Å². The van der Waals surface area contributed by atoms with E-state index in [4.69, 9.17) is 27.9 Å². The lowest BCUT2D eigenvalue weighted by atomic mass is 10.2. The largest absolute Gasteiger partial charge is 0.462 e.